The molecule has 3 amide bonds. The van der Waals surface area contributed by atoms with Crippen molar-refractivity contribution in [3.05, 3.63) is 29.8 Å². The summed E-state index contributed by atoms with van der Waals surface area (Å²) in [4.78, 5) is 39.5. The van der Waals surface area contributed by atoms with Gasteiger partial charge in [-0.05, 0) is 36.5 Å². The number of piperidine rings is 1. The van der Waals surface area contributed by atoms with E-state index in [9.17, 15) is 19.5 Å². The van der Waals surface area contributed by atoms with Crippen molar-refractivity contribution in [1.29, 1.82) is 0 Å². The first-order valence-electron chi connectivity index (χ1n) is 9.40. The Bertz CT molecular complexity index is 736. The number of benzene rings is 1. The highest BCUT2D eigenvalue weighted by Crippen LogP contribution is 2.42. The average molecular weight is 373 g/mol. The summed E-state index contributed by atoms with van der Waals surface area (Å²) in [5.41, 5.74) is 1.27. The second-order valence-corrected chi connectivity index (χ2v) is 7.85. The Kier molecular flexibility index (Phi) is 5.13. The van der Waals surface area contributed by atoms with Crippen LogP contribution in [0.3, 0.4) is 0 Å². The van der Waals surface area contributed by atoms with Gasteiger partial charge in [-0.25, -0.2) is 4.79 Å². The third-order valence-corrected chi connectivity index (χ3v) is 6.11. The number of aliphatic carboxylic acids is 1. The van der Waals surface area contributed by atoms with E-state index >= 15 is 0 Å². The van der Waals surface area contributed by atoms with Crippen LogP contribution in [-0.2, 0) is 9.59 Å². The molecular formula is C20H27N3O4. The maximum Gasteiger partial charge on any atom is 0.321 e. The maximum absolute atomic E-state index is 12.6. The van der Waals surface area contributed by atoms with Gasteiger partial charge in [-0.15, -0.1) is 0 Å². The number of carboxylic acids is 1. The fourth-order valence-corrected chi connectivity index (χ4v) is 4.24. The molecule has 0 bridgehead atoms. The van der Waals surface area contributed by atoms with Gasteiger partial charge in [-0.3, -0.25) is 9.59 Å². The second kappa shape index (κ2) is 7.21. The molecule has 0 aromatic heterocycles. The molecule has 2 saturated heterocycles. The number of hydrogen-bond donors (Lipinski definition) is 2. The number of nitrogens with zero attached hydrogens (tertiary/aromatic N) is 2. The highest BCUT2D eigenvalue weighted by molar-refractivity contribution is 5.90. The smallest absolute Gasteiger partial charge is 0.321 e. The molecule has 7 heteroatoms. The summed E-state index contributed by atoms with van der Waals surface area (Å²) in [6.45, 7) is 5.09. The molecule has 2 N–H and O–H groups in total. The van der Waals surface area contributed by atoms with Crippen LogP contribution in [0.2, 0.25) is 0 Å². The zero-order valence-corrected chi connectivity index (χ0v) is 16.1. The van der Waals surface area contributed by atoms with Crippen LogP contribution in [0.15, 0.2) is 24.3 Å². The van der Waals surface area contributed by atoms with Crippen LogP contribution in [0.1, 0.15) is 44.6 Å². The zero-order chi connectivity index (χ0) is 19.8. The molecule has 1 aromatic carbocycles. The molecule has 7 nitrogen and oxygen atoms in total. The molecule has 0 saturated carbocycles. The molecule has 0 radical (unpaired) electrons. The SMILES string of the molecule is CC(C)c1ccc(NC(=O)N2CCC3(CC2)[C@@H](C(=O)O)CC(=O)N3C)cc1. The molecule has 1 atom stereocenters. The van der Waals surface area contributed by atoms with Crippen LogP contribution in [0.25, 0.3) is 0 Å². The number of carboxylic acid groups (broad SMARTS) is 1. The first-order valence-corrected chi connectivity index (χ1v) is 9.40. The van der Waals surface area contributed by atoms with Gasteiger partial charge < -0.3 is 20.2 Å². The van der Waals surface area contributed by atoms with Crippen LogP contribution >= 0.6 is 0 Å². The lowest BCUT2D eigenvalue weighted by molar-refractivity contribution is -0.145. The number of anilines is 1. The van der Waals surface area contributed by atoms with Gasteiger partial charge in [0.1, 0.15) is 0 Å². The number of nitrogens with one attached hydrogen (secondary N) is 1. The van der Waals surface area contributed by atoms with Crippen LogP contribution < -0.4 is 5.32 Å². The van der Waals surface area contributed by atoms with Gasteiger partial charge in [0.15, 0.2) is 0 Å². The number of likely N-dealkylation sites (tertiary alicyclic amines) is 2. The second-order valence-electron chi connectivity index (χ2n) is 7.85. The zero-order valence-electron chi connectivity index (χ0n) is 16.1. The molecule has 2 aliphatic heterocycles. The predicted molar refractivity (Wildman–Crippen MR) is 102 cm³/mol. The highest BCUT2D eigenvalue weighted by Gasteiger charge is 2.55. The van der Waals surface area contributed by atoms with Gasteiger partial charge in [0.25, 0.3) is 0 Å². The fourth-order valence-electron chi connectivity index (χ4n) is 4.24. The highest BCUT2D eigenvalue weighted by atomic mass is 16.4. The minimum Gasteiger partial charge on any atom is -0.481 e. The quantitative estimate of drug-likeness (QED) is 0.852. The number of urea groups is 1. The lowest BCUT2D eigenvalue weighted by Gasteiger charge is -2.45. The maximum atomic E-state index is 12.6. The van der Waals surface area contributed by atoms with E-state index in [2.05, 4.69) is 19.2 Å². The first kappa shape index (κ1) is 19.2. The van der Waals surface area contributed by atoms with Crippen molar-refractivity contribution in [1.82, 2.24) is 9.80 Å². The van der Waals surface area contributed by atoms with Gasteiger partial charge in [0.2, 0.25) is 5.91 Å². The van der Waals surface area contributed by atoms with E-state index < -0.39 is 17.4 Å². The van der Waals surface area contributed by atoms with E-state index in [-0.39, 0.29) is 18.4 Å². The fraction of sp³-hybridized carbons (Fsp3) is 0.550. The lowest BCUT2D eigenvalue weighted by Crippen LogP contribution is -2.57. The Hall–Kier alpha value is -2.57. The van der Waals surface area contributed by atoms with E-state index in [0.717, 1.165) is 5.69 Å². The third kappa shape index (κ3) is 3.50. The number of carbonyl (C=O) groups excluding carboxylic acids is 2. The minimum absolute atomic E-state index is 0.0419. The molecule has 2 fully saturated rings. The Morgan fingerprint density at radius 1 is 1.19 bits per heavy atom. The molecular weight excluding hydrogens is 346 g/mol. The van der Waals surface area contributed by atoms with E-state index in [1.807, 2.05) is 24.3 Å². The third-order valence-electron chi connectivity index (χ3n) is 6.11. The van der Waals surface area contributed by atoms with E-state index in [1.165, 1.54) is 5.56 Å². The summed E-state index contributed by atoms with van der Waals surface area (Å²) >= 11 is 0. The van der Waals surface area contributed by atoms with Crippen LogP contribution in [0, 0.1) is 5.92 Å². The van der Waals surface area contributed by atoms with Crippen LogP contribution in [0.4, 0.5) is 10.5 Å². The Labute approximate surface area is 159 Å². The Morgan fingerprint density at radius 3 is 2.30 bits per heavy atom. The van der Waals surface area contributed by atoms with Crippen molar-refractivity contribution in [3.8, 4) is 0 Å². The van der Waals surface area contributed by atoms with Crippen molar-refractivity contribution in [2.24, 2.45) is 5.92 Å². The molecule has 2 heterocycles. The summed E-state index contributed by atoms with van der Waals surface area (Å²) in [5.74, 6) is -1.34. The molecule has 27 heavy (non-hydrogen) atoms. The molecule has 3 rings (SSSR count). The molecule has 0 aliphatic carbocycles. The van der Waals surface area contributed by atoms with Crippen molar-refractivity contribution >= 4 is 23.6 Å². The summed E-state index contributed by atoms with van der Waals surface area (Å²) in [6, 6.07) is 7.59. The summed E-state index contributed by atoms with van der Waals surface area (Å²) < 4.78 is 0. The standard InChI is InChI=1S/C20H27N3O4/c1-13(2)14-4-6-15(7-5-14)21-19(27)23-10-8-20(9-11-23)16(18(25)26)12-17(24)22(20)3/h4-7,13,16H,8-12H2,1-3H3,(H,21,27)(H,25,26)/t16-/m1/s1. The Morgan fingerprint density at radius 2 is 1.78 bits per heavy atom. The van der Waals surface area contributed by atoms with E-state index in [1.54, 1.807) is 16.8 Å². The van der Waals surface area contributed by atoms with Crippen molar-refractivity contribution < 1.29 is 19.5 Å². The van der Waals surface area contributed by atoms with Gasteiger partial charge in [-0.2, -0.15) is 0 Å². The number of hydrogen-bond acceptors (Lipinski definition) is 3. The monoisotopic (exact) mass is 373 g/mol. The molecule has 1 spiro atoms. The summed E-state index contributed by atoms with van der Waals surface area (Å²) in [7, 11) is 1.68. The first-order chi connectivity index (χ1) is 12.7. The minimum atomic E-state index is -0.934. The Balaban J connectivity index is 1.64. The van der Waals surface area contributed by atoms with Crippen LogP contribution in [-0.4, -0.2) is 58.5 Å². The largest absolute Gasteiger partial charge is 0.481 e. The number of rotatable bonds is 3. The predicted octanol–water partition coefficient (Wildman–Crippen LogP) is 2.74. The van der Waals surface area contributed by atoms with Gasteiger partial charge in [0, 0.05) is 32.2 Å². The summed E-state index contributed by atoms with van der Waals surface area (Å²) in [6.07, 6.45) is 0.998. The van der Waals surface area contributed by atoms with E-state index in [0.29, 0.717) is 31.8 Å². The molecule has 1 aromatic rings. The van der Waals surface area contributed by atoms with Gasteiger partial charge in [-0.1, -0.05) is 26.0 Å². The lowest BCUT2D eigenvalue weighted by atomic mass is 9.77. The normalized spacial score (nSPS) is 21.8. The van der Waals surface area contributed by atoms with Crippen LogP contribution in [0.5, 0.6) is 0 Å². The molecule has 2 aliphatic rings. The summed E-state index contributed by atoms with van der Waals surface area (Å²) in [5, 5.41) is 12.4. The van der Waals surface area contributed by atoms with Crippen molar-refractivity contribution in [3.63, 3.8) is 0 Å². The molecule has 0 unspecified atom stereocenters. The van der Waals surface area contributed by atoms with Gasteiger partial charge in [0.05, 0.1) is 11.5 Å². The van der Waals surface area contributed by atoms with Gasteiger partial charge >= 0.3 is 12.0 Å². The number of amides is 3. The molecule has 146 valence electrons. The average Bonchev–Trinajstić information content (AvgIpc) is 2.88. The van der Waals surface area contributed by atoms with Crippen molar-refractivity contribution in [2.75, 3.05) is 25.5 Å². The van der Waals surface area contributed by atoms with E-state index in [4.69, 9.17) is 0 Å². The van der Waals surface area contributed by atoms with Crippen molar-refractivity contribution in [2.45, 2.75) is 44.6 Å². The topological polar surface area (TPSA) is 90.0 Å². The number of carbonyl (C=O) groups is 3.